The van der Waals surface area contributed by atoms with Crippen LogP contribution in [0.2, 0.25) is 0 Å². The van der Waals surface area contributed by atoms with Crippen molar-refractivity contribution in [2.45, 2.75) is 25.8 Å². The minimum Gasteiger partial charge on any atom is -0.335 e. The van der Waals surface area contributed by atoms with E-state index in [4.69, 9.17) is 9.97 Å². The van der Waals surface area contributed by atoms with Gasteiger partial charge in [0, 0.05) is 17.5 Å². The van der Waals surface area contributed by atoms with Crippen LogP contribution < -0.4 is 15.8 Å². The number of aromatic nitrogens is 4. The summed E-state index contributed by atoms with van der Waals surface area (Å²) in [7, 11) is 0. The van der Waals surface area contributed by atoms with Gasteiger partial charge in [-0.25, -0.2) is 4.98 Å². The van der Waals surface area contributed by atoms with Gasteiger partial charge in [0.15, 0.2) is 0 Å². The second-order valence-electron chi connectivity index (χ2n) is 7.92. The molecule has 0 saturated heterocycles. The Morgan fingerprint density at radius 3 is 2.93 bits per heavy atom. The number of amidine groups is 1. The molecule has 0 unspecified atom stereocenters. The Kier molecular flexibility index (Phi) is 3.59. The molecule has 8 heteroatoms. The Hall–Kier alpha value is -3.42. The van der Waals surface area contributed by atoms with Crippen LogP contribution in [0.1, 0.15) is 24.1 Å². The van der Waals surface area contributed by atoms with Gasteiger partial charge < -0.3 is 15.3 Å². The molecular formula is C21H21N7O. The van der Waals surface area contributed by atoms with E-state index in [2.05, 4.69) is 31.5 Å². The molecule has 8 nitrogen and oxygen atoms in total. The minimum atomic E-state index is -0.0288. The molecule has 29 heavy (non-hydrogen) atoms. The molecule has 146 valence electrons. The van der Waals surface area contributed by atoms with Crippen LogP contribution in [0.5, 0.6) is 0 Å². The summed E-state index contributed by atoms with van der Waals surface area (Å²) in [5, 5.41) is 10.1. The van der Waals surface area contributed by atoms with Gasteiger partial charge in [0.1, 0.15) is 11.7 Å². The number of hydrogen-bond acceptors (Lipinski definition) is 6. The average Bonchev–Trinajstić information content (AvgIpc) is 3.39. The summed E-state index contributed by atoms with van der Waals surface area (Å²) in [6.45, 7) is 2.08. The third-order valence-corrected chi connectivity index (χ3v) is 5.92. The zero-order valence-corrected chi connectivity index (χ0v) is 15.9. The van der Waals surface area contributed by atoms with E-state index in [9.17, 15) is 4.79 Å². The van der Waals surface area contributed by atoms with Gasteiger partial charge in [-0.15, -0.1) is 0 Å². The van der Waals surface area contributed by atoms with E-state index in [1.165, 1.54) is 18.4 Å². The average molecular weight is 387 g/mol. The monoisotopic (exact) mass is 387 g/mol. The Morgan fingerprint density at radius 2 is 2.03 bits per heavy atom. The number of anilines is 2. The molecule has 3 N–H and O–H groups in total. The Morgan fingerprint density at radius 1 is 1.14 bits per heavy atom. The highest BCUT2D eigenvalue weighted by Gasteiger charge is 2.28. The molecule has 0 spiro atoms. The SMILES string of the molecule is O=c1[nH][nH]c2c1CCN(c1nc(NC3=NCC(C4CC4)=C3)c3ccccc3n1)C2. The van der Waals surface area contributed by atoms with Crippen LogP contribution in [0.25, 0.3) is 10.9 Å². The topological polar surface area (TPSA) is 102 Å². The maximum absolute atomic E-state index is 11.8. The Labute approximate surface area is 166 Å². The lowest BCUT2D eigenvalue weighted by atomic mass is 10.1. The van der Waals surface area contributed by atoms with Crippen molar-refractivity contribution in [3.8, 4) is 0 Å². The maximum atomic E-state index is 11.8. The largest absolute Gasteiger partial charge is 0.335 e. The van der Waals surface area contributed by atoms with Gasteiger partial charge >= 0.3 is 0 Å². The second-order valence-corrected chi connectivity index (χ2v) is 7.92. The maximum Gasteiger partial charge on any atom is 0.267 e. The molecule has 1 fully saturated rings. The van der Waals surface area contributed by atoms with E-state index in [1.807, 2.05) is 24.3 Å². The molecule has 3 aliphatic rings. The molecule has 3 aromatic rings. The molecule has 1 saturated carbocycles. The third-order valence-electron chi connectivity index (χ3n) is 5.92. The van der Waals surface area contributed by atoms with Crippen LogP contribution in [0, 0.1) is 5.92 Å². The molecule has 2 aliphatic heterocycles. The Balaban J connectivity index is 1.36. The summed E-state index contributed by atoms with van der Waals surface area (Å²) >= 11 is 0. The zero-order valence-electron chi connectivity index (χ0n) is 15.9. The second kappa shape index (κ2) is 6.30. The number of aromatic amines is 2. The van der Waals surface area contributed by atoms with Crippen molar-refractivity contribution in [2.75, 3.05) is 23.3 Å². The molecule has 1 aliphatic carbocycles. The van der Waals surface area contributed by atoms with Crippen LogP contribution in [-0.2, 0) is 13.0 Å². The number of aliphatic imine (C=N–C) groups is 1. The van der Waals surface area contributed by atoms with E-state index in [1.54, 1.807) is 0 Å². The Bertz CT molecular complexity index is 1230. The van der Waals surface area contributed by atoms with Crippen molar-refractivity contribution in [2.24, 2.45) is 10.9 Å². The van der Waals surface area contributed by atoms with Crippen molar-refractivity contribution in [3.63, 3.8) is 0 Å². The van der Waals surface area contributed by atoms with Crippen LogP contribution >= 0.6 is 0 Å². The standard InChI is InChI=1S/C21H21N7O/c29-20-15-7-8-28(11-17(15)26-27-20)21-23-16-4-2-1-3-14(16)19(25-21)24-18-9-13(10-22-18)12-5-6-12/h1-4,9,12H,5-8,10-11H2,(H2,26,27,29)(H,22,23,24,25). The van der Waals surface area contributed by atoms with Gasteiger partial charge in [-0.2, -0.15) is 4.98 Å². The highest BCUT2D eigenvalue weighted by atomic mass is 16.1. The van der Waals surface area contributed by atoms with Gasteiger partial charge in [-0.3, -0.25) is 14.9 Å². The molecule has 1 aromatic carbocycles. The third kappa shape index (κ3) is 2.91. The summed E-state index contributed by atoms with van der Waals surface area (Å²) in [5.41, 5.74) is 4.02. The van der Waals surface area contributed by atoms with Gasteiger partial charge in [-0.05, 0) is 49.0 Å². The smallest absolute Gasteiger partial charge is 0.267 e. The lowest BCUT2D eigenvalue weighted by Gasteiger charge is -2.26. The molecule has 4 heterocycles. The predicted molar refractivity (Wildman–Crippen MR) is 112 cm³/mol. The summed E-state index contributed by atoms with van der Waals surface area (Å²) in [5.74, 6) is 3.02. The van der Waals surface area contributed by atoms with Crippen LogP contribution in [0.4, 0.5) is 11.8 Å². The fourth-order valence-corrected chi connectivity index (χ4v) is 4.15. The van der Waals surface area contributed by atoms with Crippen LogP contribution in [-0.4, -0.2) is 39.1 Å². The zero-order chi connectivity index (χ0) is 19.4. The summed E-state index contributed by atoms with van der Waals surface area (Å²) in [6.07, 6.45) is 5.42. The first-order valence-corrected chi connectivity index (χ1v) is 10.1. The first kappa shape index (κ1) is 16.5. The molecule has 0 atom stereocenters. The normalized spacial score (nSPS) is 18.6. The number of nitrogens with one attached hydrogen (secondary N) is 3. The molecular weight excluding hydrogens is 366 g/mol. The molecule has 2 aromatic heterocycles. The number of benzene rings is 1. The van der Waals surface area contributed by atoms with E-state index in [0.717, 1.165) is 46.3 Å². The number of hydrogen-bond donors (Lipinski definition) is 3. The highest BCUT2D eigenvalue weighted by Crippen LogP contribution is 2.38. The van der Waals surface area contributed by atoms with Crippen LogP contribution in [0.3, 0.4) is 0 Å². The predicted octanol–water partition coefficient (Wildman–Crippen LogP) is 2.37. The quantitative estimate of drug-likeness (QED) is 0.640. The van der Waals surface area contributed by atoms with Crippen molar-refractivity contribution in [3.05, 3.63) is 57.5 Å². The van der Waals surface area contributed by atoms with Crippen molar-refractivity contribution >= 4 is 28.5 Å². The number of H-pyrrole nitrogens is 2. The molecule has 6 rings (SSSR count). The van der Waals surface area contributed by atoms with Gasteiger partial charge in [0.2, 0.25) is 5.95 Å². The van der Waals surface area contributed by atoms with Gasteiger partial charge in [0.25, 0.3) is 5.56 Å². The van der Waals surface area contributed by atoms with E-state index >= 15 is 0 Å². The first-order valence-electron chi connectivity index (χ1n) is 10.1. The lowest BCUT2D eigenvalue weighted by molar-refractivity contribution is 0.697. The molecule has 0 radical (unpaired) electrons. The van der Waals surface area contributed by atoms with E-state index < -0.39 is 0 Å². The first-order chi connectivity index (χ1) is 14.2. The van der Waals surface area contributed by atoms with Crippen molar-refractivity contribution in [1.82, 2.24) is 20.2 Å². The van der Waals surface area contributed by atoms with Gasteiger partial charge in [-0.1, -0.05) is 12.1 Å². The number of rotatable bonds is 3. The van der Waals surface area contributed by atoms with Crippen LogP contribution in [0.15, 0.2) is 45.7 Å². The van der Waals surface area contributed by atoms with Crippen molar-refractivity contribution < 1.29 is 0 Å². The van der Waals surface area contributed by atoms with Gasteiger partial charge in [0.05, 0.1) is 24.3 Å². The van der Waals surface area contributed by atoms with Crippen molar-refractivity contribution in [1.29, 1.82) is 0 Å². The molecule has 0 amide bonds. The van der Waals surface area contributed by atoms with E-state index in [-0.39, 0.29) is 5.56 Å². The van der Waals surface area contributed by atoms with E-state index in [0.29, 0.717) is 25.5 Å². The summed E-state index contributed by atoms with van der Waals surface area (Å²) in [6, 6.07) is 8.01. The number of para-hydroxylation sites is 1. The summed E-state index contributed by atoms with van der Waals surface area (Å²) < 4.78 is 0. The number of nitrogens with zero attached hydrogens (tertiary/aromatic N) is 4. The fraction of sp³-hybridized carbons (Fsp3) is 0.333. The molecule has 0 bridgehead atoms. The fourth-order valence-electron chi connectivity index (χ4n) is 4.15. The lowest BCUT2D eigenvalue weighted by Crippen LogP contribution is -2.33. The summed E-state index contributed by atoms with van der Waals surface area (Å²) in [4.78, 5) is 28.2. The minimum absolute atomic E-state index is 0.0288. The number of fused-ring (bicyclic) bond motifs is 2. The highest BCUT2D eigenvalue weighted by molar-refractivity contribution is 6.09.